The molecule has 0 fully saturated rings. The van der Waals surface area contributed by atoms with Crippen LogP contribution in [-0.2, 0) is 0 Å². The van der Waals surface area contributed by atoms with Crippen LogP contribution < -0.4 is 11.2 Å². The fourth-order valence-corrected chi connectivity index (χ4v) is 2.84. The molecular weight excluding hydrogens is 265 g/mol. The Morgan fingerprint density at radius 2 is 2.14 bits per heavy atom. The molecule has 1 heterocycles. The molecule has 1 aromatic carbocycles. The number of benzene rings is 1. The fraction of sp³-hybridized carbons (Fsp3) is 0. The van der Waals surface area contributed by atoms with Crippen molar-refractivity contribution in [3.8, 4) is 0 Å². The maximum absolute atomic E-state index is 9.20. The van der Waals surface area contributed by atoms with E-state index in [1.165, 1.54) is 11.3 Å². The van der Waals surface area contributed by atoms with Crippen LogP contribution in [0.4, 0.5) is 5.69 Å². The van der Waals surface area contributed by atoms with Crippen molar-refractivity contribution in [1.82, 2.24) is 0 Å². The zero-order valence-corrected chi connectivity index (χ0v) is 9.47. The summed E-state index contributed by atoms with van der Waals surface area (Å²) in [5.41, 5.74) is 6.50. The maximum atomic E-state index is 9.20. The van der Waals surface area contributed by atoms with Crippen molar-refractivity contribution in [1.29, 1.82) is 0 Å². The summed E-state index contributed by atoms with van der Waals surface area (Å²) in [6.07, 6.45) is 0. The molecule has 72 valence electrons. The molecule has 0 bridgehead atoms. The molecule has 0 unspecified atom stereocenters. The molecule has 2 aromatic rings. The zero-order chi connectivity index (χ0) is 10.3. The lowest BCUT2D eigenvalue weighted by Gasteiger charge is -2.08. The van der Waals surface area contributed by atoms with E-state index in [4.69, 9.17) is 5.73 Å². The first-order valence-corrected chi connectivity index (χ1v) is 5.59. The average Bonchev–Trinajstić information content (AvgIpc) is 2.52. The Morgan fingerprint density at radius 3 is 2.79 bits per heavy atom. The Morgan fingerprint density at radius 1 is 1.43 bits per heavy atom. The van der Waals surface area contributed by atoms with E-state index in [1.54, 1.807) is 0 Å². The van der Waals surface area contributed by atoms with Gasteiger partial charge in [-0.2, -0.15) is 0 Å². The van der Waals surface area contributed by atoms with Crippen molar-refractivity contribution in [2.45, 2.75) is 0 Å². The van der Waals surface area contributed by atoms with Crippen molar-refractivity contribution in [3.05, 3.63) is 22.0 Å². The van der Waals surface area contributed by atoms with Crippen molar-refractivity contribution in [2.24, 2.45) is 0 Å². The molecule has 0 atom stereocenters. The predicted octanol–water partition coefficient (Wildman–Crippen LogP) is 0.926. The van der Waals surface area contributed by atoms with Gasteiger partial charge in [-0.15, -0.1) is 11.3 Å². The van der Waals surface area contributed by atoms with Gasteiger partial charge in [-0.05, 0) is 38.8 Å². The number of hydrogen-bond donors (Lipinski definition) is 3. The van der Waals surface area contributed by atoms with E-state index in [-0.39, 0.29) is 0 Å². The molecule has 0 aliphatic carbocycles. The summed E-state index contributed by atoms with van der Waals surface area (Å²) in [7, 11) is -1.54. The Bertz CT molecular complexity index is 485. The van der Waals surface area contributed by atoms with Gasteiger partial charge in [-0.25, -0.2) is 0 Å². The monoisotopic (exact) mass is 271 g/mol. The lowest BCUT2D eigenvalue weighted by Crippen LogP contribution is -2.33. The van der Waals surface area contributed by atoms with E-state index in [0.717, 1.165) is 10.1 Å². The lowest BCUT2D eigenvalue weighted by atomic mass is 9.77. The first-order chi connectivity index (χ1) is 6.61. The van der Waals surface area contributed by atoms with Gasteiger partial charge in [0.1, 0.15) is 0 Å². The average molecular weight is 272 g/mol. The van der Waals surface area contributed by atoms with Gasteiger partial charge in [-0.3, -0.25) is 0 Å². The molecule has 1 aromatic heterocycles. The van der Waals surface area contributed by atoms with Crippen LogP contribution >= 0.6 is 27.3 Å². The van der Waals surface area contributed by atoms with Crippen molar-refractivity contribution in [3.63, 3.8) is 0 Å². The fourth-order valence-electron chi connectivity index (χ4n) is 1.40. The number of anilines is 1. The van der Waals surface area contributed by atoms with Crippen LogP contribution in [0, 0.1) is 0 Å². The molecule has 4 N–H and O–H groups in total. The highest BCUT2D eigenvalue weighted by Crippen LogP contribution is 2.28. The molecule has 0 saturated carbocycles. The Hall–Kier alpha value is -0.555. The Labute approximate surface area is 93.4 Å². The molecule has 0 saturated heterocycles. The summed E-state index contributed by atoms with van der Waals surface area (Å²) in [6, 6.07) is 3.71. The zero-order valence-electron chi connectivity index (χ0n) is 7.07. The second-order valence-corrected chi connectivity index (χ2v) is 4.69. The van der Waals surface area contributed by atoms with E-state index in [1.807, 2.05) is 17.5 Å². The maximum Gasteiger partial charge on any atom is 0.491 e. The molecule has 0 aliphatic heterocycles. The van der Waals surface area contributed by atoms with Crippen molar-refractivity contribution in [2.75, 3.05) is 5.73 Å². The number of hydrogen-bond acceptors (Lipinski definition) is 4. The molecule has 0 radical (unpaired) electrons. The SMILES string of the molecule is Nc1c(Br)cc2sccc2c1B(O)O. The van der Waals surface area contributed by atoms with E-state index in [9.17, 15) is 10.0 Å². The van der Waals surface area contributed by atoms with Gasteiger partial charge in [0.15, 0.2) is 0 Å². The molecule has 6 heteroatoms. The van der Waals surface area contributed by atoms with Crippen molar-refractivity contribution >= 4 is 55.6 Å². The molecule has 3 nitrogen and oxygen atoms in total. The first kappa shape index (κ1) is 9.98. The summed E-state index contributed by atoms with van der Waals surface area (Å²) in [6.45, 7) is 0. The first-order valence-electron chi connectivity index (χ1n) is 3.92. The highest BCUT2D eigenvalue weighted by molar-refractivity contribution is 9.10. The third-order valence-electron chi connectivity index (χ3n) is 2.05. The lowest BCUT2D eigenvalue weighted by molar-refractivity contribution is 0.426. The van der Waals surface area contributed by atoms with Gasteiger partial charge >= 0.3 is 7.12 Å². The van der Waals surface area contributed by atoms with E-state index in [0.29, 0.717) is 15.6 Å². The van der Waals surface area contributed by atoms with Crippen LogP contribution in [0.3, 0.4) is 0 Å². The minimum absolute atomic E-state index is 0.371. The Kier molecular flexibility index (Phi) is 2.53. The number of fused-ring (bicyclic) bond motifs is 1. The molecule has 0 aliphatic rings. The van der Waals surface area contributed by atoms with Crippen LogP contribution in [0.5, 0.6) is 0 Å². The topological polar surface area (TPSA) is 66.5 Å². The number of thiophene rings is 1. The highest BCUT2D eigenvalue weighted by atomic mass is 79.9. The summed E-state index contributed by atoms with van der Waals surface area (Å²) in [4.78, 5) is 0. The molecule has 2 rings (SSSR count). The summed E-state index contributed by atoms with van der Waals surface area (Å²) >= 11 is 4.81. The van der Waals surface area contributed by atoms with Gasteiger partial charge in [0.2, 0.25) is 0 Å². The second-order valence-electron chi connectivity index (χ2n) is 2.89. The summed E-state index contributed by atoms with van der Waals surface area (Å²) < 4.78 is 1.67. The number of halogens is 1. The summed E-state index contributed by atoms with van der Waals surface area (Å²) in [5, 5.41) is 21.1. The van der Waals surface area contributed by atoms with Crippen LogP contribution in [0.15, 0.2) is 22.0 Å². The normalized spacial score (nSPS) is 10.8. The standard InChI is InChI=1S/C8H7BBrNO2S/c10-5-3-6-4(1-2-14-6)7(8(5)11)9(12)13/h1-3,12-13H,11H2. The van der Waals surface area contributed by atoms with Gasteiger partial charge in [0.05, 0.1) is 0 Å². The third-order valence-corrected chi connectivity index (χ3v) is 3.57. The molecule has 0 amide bonds. The number of nitrogen functional groups attached to an aromatic ring is 1. The van der Waals surface area contributed by atoms with E-state index >= 15 is 0 Å². The number of nitrogens with two attached hydrogens (primary N) is 1. The Balaban J connectivity index is 2.86. The van der Waals surface area contributed by atoms with Crippen LogP contribution in [-0.4, -0.2) is 17.2 Å². The van der Waals surface area contributed by atoms with Crippen LogP contribution in [0.25, 0.3) is 10.1 Å². The van der Waals surface area contributed by atoms with Crippen LogP contribution in [0.1, 0.15) is 0 Å². The second kappa shape index (κ2) is 3.54. The van der Waals surface area contributed by atoms with Gasteiger partial charge in [0.25, 0.3) is 0 Å². The molecule has 0 spiro atoms. The quantitative estimate of drug-likeness (QED) is 0.534. The minimum Gasteiger partial charge on any atom is -0.423 e. The number of rotatable bonds is 1. The van der Waals surface area contributed by atoms with Crippen LogP contribution in [0.2, 0.25) is 0 Å². The van der Waals surface area contributed by atoms with E-state index < -0.39 is 7.12 Å². The van der Waals surface area contributed by atoms with Gasteiger partial charge < -0.3 is 15.8 Å². The third kappa shape index (κ3) is 1.44. The largest absolute Gasteiger partial charge is 0.491 e. The minimum atomic E-state index is -1.54. The highest BCUT2D eigenvalue weighted by Gasteiger charge is 2.20. The molecular formula is C8H7BBrNO2S. The summed E-state index contributed by atoms with van der Waals surface area (Å²) in [5.74, 6) is 0. The van der Waals surface area contributed by atoms with Gasteiger partial charge in [0, 0.05) is 20.3 Å². The molecule has 14 heavy (non-hydrogen) atoms. The smallest absolute Gasteiger partial charge is 0.423 e. The predicted molar refractivity (Wildman–Crippen MR) is 63.8 cm³/mol. The van der Waals surface area contributed by atoms with Gasteiger partial charge in [-0.1, -0.05) is 0 Å². The van der Waals surface area contributed by atoms with E-state index in [2.05, 4.69) is 15.9 Å². The van der Waals surface area contributed by atoms with Crippen molar-refractivity contribution < 1.29 is 10.0 Å².